The van der Waals surface area contributed by atoms with E-state index in [0.717, 1.165) is 37.2 Å². The van der Waals surface area contributed by atoms with Gasteiger partial charge in [0.15, 0.2) is 0 Å². The van der Waals surface area contributed by atoms with Crippen molar-refractivity contribution in [2.75, 3.05) is 18.4 Å². The van der Waals surface area contributed by atoms with E-state index in [1.165, 1.54) is 0 Å². The number of amides is 1. The molecule has 2 heterocycles. The van der Waals surface area contributed by atoms with Crippen molar-refractivity contribution < 1.29 is 4.79 Å². The van der Waals surface area contributed by atoms with Crippen molar-refractivity contribution in [2.45, 2.75) is 19.8 Å². The van der Waals surface area contributed by atoms with Crippen molar-refractivity contribution in [2.24, 2.45) is 5.92 Å². The summed E-state index contributed by atoms with van der Waals surface area (Å²) >= 11 is 0. The summed E-state index contributed by atoms with van der Waals surface area (Å²) in [7, 11) is 0. The Morgan fingerprint density at radius 2 is 2.28 bits per heavy atom. The molecule has 1 atom stereocenters. The number of rotatable bonds is 2. The molecule has 0 unspecified atom stereocenters. The van der Waals surface area contributed by atoms with Gasteiger partial charge in [0.05, 0.1) is 5.92 Å². The van der Waals surface area contributed by atoms with E-state index in [-0.39, 0.29) is 36.6 Å². The molecule has 0 aromatic carbocycles. The molecule has 2 N–H and O–H groups in total. The Kier molecular flexibility index (Phi) is 7.91. The van der Waals surface area contributed by atoms with E-state index in [1.54, 1.807) is 12.4 Å². The van der Waals surface area contributed by atoms with E-state index in [2.05, 4.69) is 15.6 Å². The minimum atomic E-state index is 0. The Morgan fingerprint density at radius 1 is 1.50 bits per heavy atom. The molecule has 0 radical (unpaired) electrons. The number of hydrogen-bond donors (Lipinski definition) is 2. The molecule has 1 aliphatic heterocycles. The summed E-state index contributed by atoms with van der Waals surface area (Å²) in [4.78, 5) is 15.9. The summed E-state index contributed by atoms with van der Waals surface area (Å²) in [6.07, 6.45) is 5.51. The van der Waals surface area contributed by atoms with Crippen LogP contribution in [0, 0.1) is 12.8 Å². The fourth-order valence-electron chi connectivity index (χ4n) is 1.92. The first-order valence-corrected chi connectivity index (χ1v) is 5.69. The largest absolute Gasteiger partial charge is 0.325 e. The first-order valence-electron chi connectivity index (χ1n) is 5.69. The summed E-state index contributed by atoms with van der Waals surface area (Å²) in [5.41, 5.74) is 1.87. The van der Waals surface area contributed by atoms with Crippen LogP contribution in [-0.4, -0.2) is 24.0 Å². The van der Waals surface area contributed by atoms with Gasteiger partial charge in [0.1, 0.15) is 0 Å². The lowest BCUT2D eigenvalue weighted by atomic mass is 9.98. The number of pyridine rings is 1. The summed E-state index contributed by atoms with van der Waals surface area (Å²) in [5.74, 6) is 0.211. The maximum atomic E-state index is 11.9. The quantitative estimate of drug-likeness (QED) is 0.878. The second-order valence-electron chi connectivity index (χ2n) is 4.22. The molecule has 18 heavy (non-hydrogen) atoms. The summed E-state index contributed by atoms with van der Waals surface area (Å²) in [5, 5.41) is 6.20. The summed E-state index contributed by atoms with van der Waals surface area (Å²) < 4.78 is 0. The molecule has 1 aromatic rings. The molecule has 102 valence electrons. The lowest BCUT2D eigenvalue weighted by Crippen LogP contribution is -2.37. The van der Waals surface area contributed by atoms with Crippen molar-refractivity contribution in [1.82, 2.24) is 10.3 Å². The number of carbonyl (C=O) groups excluding carboxylic acids is 1. The van der Waals surface area contributed by atoms with Gasteiger partial charge in [-0.1, -0.05) is 0 Å². The lowest BCUT2D eigenvalue weighted by molar-refractivity contribution is -0.120. The van der Waals surface area contributed by atoms with Gasteiger partial charge in [0.25, 0.3) is 0 Å². The number of carbonyl (C=O) groups is 1. The van der Waals surface area contributed by atoms with Crippen molar-refractivity contribution in [3.63, 3.8) is 0 Å². The summed E-state index contributed by atoms with van der Waals surface area (Å²) in [6, 6.07) is 1.84. The van der Waals surface area contributed by atoms with Crippen molar-refractivity contribution >= 4 is 36.4 Å². The van der Waals surface area contributed by atoms with Crippen LogP contribution in [0.4, 0.5) is 5.69 Å². The van der Waals surface area contributed by atoms with Gasteiger partial charge in [0.2, 0.25) is 5.91 Å². The van der Waals surface area contributed by atoms with Crippen LogP contribution in [0.3, 0.4) is 0 Å². The molecule has 6 heteroatoms. The Labute approximate surface area is 120 Å². The highest BCUT2D eigenvalue weighted by atomic mass is 35.5. The molecule has 1 aromatic heterocycles. The highest BCUT2D eigenvalue weighted by Gasteiger charge is 2.20. The van der Waals surface area contributed by atoms with Crippen molar-refractivity contribution in [1.29, 1.82) is 0 Å². The molecule has 1 fully saturated rings. The molecular weight excluding hydrogens is 273 g/mol. The predicted molar refractivity (Wildman–Crippen MR) is 77.7 cm³/mol. The molecule has 0 aliphatic carbocycles. The van der Waals surface area contributed by atoms with E-state index < -0.39 is 0 Å². The molecule has 1 amide bonds. The van der Waals surface area contributed by atoms with Crippen LogP contribution in [0.2, 0.25) is 0 Å². The summed E-state index contributed by atoms with van der Waals surface area (Å²) in [6.45, 7) is 3.76. The second kappa shape index (κ2) is 8.29. The van der Waals surface area contributed by atoms with E-state index >= 15 is 0 Å². The fraction of sp³-hybridized carbons (Fsp3) is 0.500. The highest BCUT2D eigenvalue weighted by Crippen LogP contribution is 2.16. The molecule has 4 nitrogen and oxygen atoms in total. The van der Waals surface area contributed by atoms with Gasteiger partial charge < -0.3 is 10.6 Å². The van der Waals surface area contributed by atoms with Crippen LogP contribution < -0.4 is 10.6 Å². The number of halogens is 2. The smallest absolute Gasteiger partial charge is 0.228 e. The van der Waals surface area contributed by atoms with Crippen LogP contribution in [-0.2, 0) is 4.79 Å². The van der Waals surface area contributed by atoms with Gasteiger partial charge in [-0.25, -0.2) is 0 Å². The fourth-order valence-corrected chi connectivity index (χ4v) is 1.92. The number of hydrogen-bond acceptors (Lipinski definition) is 3. The standard InChI is InChI=1S/C12H17N3O.2ClH/c1-9-7-14-6-4-11(9)15-12(16)10-3-2-5-13-8-10;;/h4,6-7,10,13H,2-3,5,8H2,1H3,(H,14,15,16);2*1H/t10-;;/m1../s1. The second-order valence-corrected chi connectivity index (χ2v) is 4.22. The Morgan fingerprint density at radius 3 is 2.89 bits per heavy atom. The third-order valence-corrected chi connectivity index (χ3v) is 2.95. The number of nitrogens with zero attached hydrogens (tertiary/aromatic N) is 1. The van der Waals surface area contributed by atoms with E-state index in [9.17, 15) is 4.79 Å². The maximum absolute atomic E-state index is 11.9. The van der Waals surface area contributed by atoms with Gasteiger partial charge in [0, 0.05) is 24.6 Å². The molecule has 1 saturated heterocycles. The lowest BCUT2D eigenvalue weighted by Gasteiger charge is -2.22. The molecule has 0 bridgehead atoms. The van der Waals surface area contributed by atoms with Gasteiger partial charge in [-0.2, -0.15) is 0 Å². The Hall–Kier alpha value is -0.840. The molecular formula is C12H19Cl2N3O. The van der Waals surface area contributed by atoms with E-state index in [0.29, 0.717) is 0 Å². The number of aromatic nitrogens is 1. The van der Waals surface area contributed by atoms with Crippen molar-refractivity contribution in [3.8, 4) is 0 Å². The number of aryl methyl sites for hydroxylation is 1. The number of anilines is 1. The minimum Gasteiger partial charge on any atom is -0.325 e. The highest BCUT2D eigenvalue weighted by molar-refractivity contribution is 5.93. The Balaban J connectivity index is 0.00000144. The van der Waals surface area contributed by atoms with E-state index in [4.69, 9.17) is 0 Å². The third kappa shape index (κ3) is 4.44. The van der Waals surface area contributed by atoms with Gasteiger partial charge in [-0.3, -0.25) is 9.78 Å². The van der Waals surface area contributed by atoms with Crippen molar-refractivity contribution in [3.05, 3.63) is 24.0 Å². The zero-order chi connectivity index (χ0) is 11.4. The first-order chi connectivity index (χ1) is 7.77. The van der Waals surface area contributed by atoms with Crippen LogP contribution >= 0.6 is 24.8 Å². The average molecular weight is 292 g/mol. The predicted octanol–water partition coefficient (Wildman–Crippen LogP) is 2.17. The minimum absolute atomic E-state index is 0. The number of piperidine rings is 1. The molecule has 0 spiro atoms. The van der Waals surface area contributed by atoms with Gasteiger partial charge in [-0.15, -0.1) is 24.8 Å². The third-order valence-electron chi connectivity index (χ3n) is 2.95. The monoisotopic (exact) mass is 291 g/mol. The SMILES string of the molecule is Cc1cnccc1NC(=O)[C@@H]1CCCNC1.Cl.Cl. The van der Waals surface area contributed by atoms with Gasteiger partial charge in [-0.05, 0) is 37.9 Å². The first kappa shape index (κ1) is 17.2. The topological polar surface area (TPSA) is 54.0 Å². The normalized spacial score (nSPS) is 18.2. The molecule has 1 aliphatic rings. The van der Waals surface area contributed by atoms with Crippen LogP contribution in [0.15, 0.2) is 18.5 Å². The number of nitrogens with one attached hydrogen (secondary N) is 2. The zero-order valence-electron chi connectivity index (χ0n) is 10.3. The molecule has 2 rings (SSSR count). The van der Waals surface area contributed by atoms with Gasteiger partial charge >= 0.3 is 0 Å². The Bertz CT molecular complexity index is 381. The zero-order valence-corrected chi connectivity index (χ0v) is 11.9. The van der Waals surface area contributed by atoms with Crippen LogP contribution in [0.5, 0.6) is 0 Å². The average Bonchev–Trinajstić information content (AvgIpc) is 2.33. The van der Waals surface area contributed by atoms with E-state index in [1.807, 2.05) is 13.0 Å². The maximum Gasteiger partial charge on any atom is 0.228 e. The van der Waals surface area contributed by atoms with Crippen LogP contribution in [0.25, 0.3) is 0 Å². The molecule has 0 saturated carbocycles. The van der Waals surface area contributed by atoms with Crippen LogP contribution in [0.1, 0.15) is 18.4 Å².